The van der Waals surface area contributed by atoms with Gasteiger partial charge in [0.1, 0.15) is 11.3 Å². The summed E-state index contributed by atoms with van der Waals surface area (Å²) in [5.74, 6) is 0.591. The van der Waals surface area contributed by atoms with Crippen molar-refractivity contribution in [3.8, 4) is 22.5 Å². The monoisotopic (exact) mass is 298 g/mol. The van der Waals surface area contributed by atoms with Crippen LogP contribution in [0.3, 0.4) is 0 Å². The van der Waals surface area contributed by atoms with E-state index in [4.69, 9.17) is 4.42 Å². The Balaban J connectivity index is 1.92. The molecule has 0 N–H and O–H groups in total. The van der Waals surface area contributed by atoms with E-state index in [9.17, 15) is 4.79 Å². The quantitative estimate of drug-likeness (QED) is 0.513. The number of rotatable bonds is 2. The molecule has 2 nitrogen and oxygen atoms in total. The van der Waals surface area contributed by atoms with Crippen LogP contribution in [-0.4, -0.2) is 0 Å². The van der Waals surface area contributed by atoms with E-state index >= 15 is 0 Å². The third-order valence-electron chi connectivity index (χ3n) is 3.89. The van der Waals surface area contributed by atoms with Crippen LogP contribution in [0.25, 0.3) is 33.4 Å². The molecule has 0 radical (unpaired) electrons. The fourth-order valence-corrected chi connectivity index (χ4v) is 2.71. The molecule has 0 aliphatic rings. The van der Waals surface area contributed by atoms with Gasteiger partial charge in [0.25, 0.3) is 0 Å². The van der Waals surface area contributed by atoms with Crippen LogP contribution in [0.2, 0.25) is 0 Å². The molecular formula is C21H14O2. The van der Waals surface area contributed by atoms with Gasteiger partial charge in [0, 0.05) is 11.6 Å². The summed E-state index contributed by atoms with van der Waals surface area (Å²) in [5, 5.41) is 0.601. The van der Waals surface area contributed by atoms with Gasteiger partial charge in [-0.15, -0.1) is 0 Å². The SMILES string of the molecule is O=c1cc(-c2ccccc2)oc2cc(-c3ccccc3)ccc12. The van der Waals surface area contributed by atoms with Crippen LogP contribution >= 0.6 is 0 Å². The van der Waals surface area contributed by atoms with Crippen molar-refractivity contribution in [2.45, 2.75) is 0 Å². The number of benzene rings is 3. The van der Waals surface area contributed by atoms with Gasteiger partial charge in [-0.25, -0.2) is 0 Å². The van der Waals surface area contributed by atoms with Crippen molar-refractivity contribution in [3.05, 3.63) is 95.2 Å². The first-order chi connectivity index (χ1) is 11.3. The minimum Gasteiger partial charge on any atom is -0.456 e. The van der Waals surface area contributed by atoms with Gasteiger partial charge in [-0.05, 0) is 23.3 Å². The smallest absolute Gasteiger partial charge is 0.193 e. The molecule has 0 spiro atoms. The first-order valence-corrected chi connectivity index (χ1v) is 7.50. The van der Waals surface area contributed by atoms with Gasteiger partial charge in [-0.3, -0.25) is 4.79 Å². The average molecular weight is 298 g/mol. The Labute approximate surface area is 133 Å². The maximum Gasteiger partial charge on any atom is 0.193 e. The Kier molecular flexibility index (Phi) is 3.28. The molecule has 4 rings (SSSR count). The van der Waals surface area contributed by atoms with Gasteiger partial charge < -0.3 is 4.42 Å². The molecule has 0 aliphatic carbocycles. The van der Waals surface area contributed by atoms with Gasteiger partial charge in [0.2, 0.25) is 0 Å². The van der Waals surface area contributed by atoms with Crippen molar-refractivity contribution >= 4 is 11.0 Å². The highest BCUT2D eigenvalue weighted by molar-refractivity contribution is 5.84. The van der Waals surface area contributed by atoms with Crippen LogP contribution < -0.4 is 5.43 Å². The van der Waals surface area contributed by atoms with Crippen molar-refractivity contribution in [1.82, 2.24) is 0 Å². The second-order valence-corrected chi connectivity index (χ2v) is 5.42. The fourth-order valence-electron chi connectivity index (χ4n) is 2.71. The fraction of sp³-hybridized carbons (Fsp3) is 0. The lowest BCUT2D eigenvalue weighted by Crippen LogP contribution is -2.00. The summed E-state index contributed by atoms with van der Waals surface area (Å²) >= 11 is 0. The summed E-state index contributed by atoms with van der Waals surface area (Å²) in [5.41, 5.74) is 3.62. The third-order valence-corrected chi connectivity index (χ3v) is 3.89. The molecule has 1 aromatic heterocycles. The molecule has 0 unspecified atom stereocenters. The van der Waals surface area contributed by atoms with Crippen LogP contribution in [-0.2, 0) is 0 Å². The Morgan fingerprint density at radius 3 is 1.96 bits per heavy atom. The van der Waals surface area contributed by atoms with Crippen molar-refractivity contribution in [2.75, 3.05) is 0 Å². The normalized spacial score (nSPS) is 10.8. The molecular weight excluding hydrogens is 284 g/mol. The zero-order valence-electron chi connectivity index (χ0n) is 12.4. The number of hydrogen-bond donors (Lipinski definition) is 0. The van der Waals surface area contributed by atoms with E-state index in [1.807, 2.05) is 78.9 Å². The molecule has 0 amide bonds. The van der Waals surface area contributed by atoms with E-state index in [0.29, 0.717) is 16.7 Å². The lowest BCUT2D eigenvalue weighted by atomic mass is 10.0. The van der Waals surface area contributed by atoms with Crippen molar-refractivity contribution in [1.29, 1.82) is 0 Å². The molecule has 23 heavy (non-hydrogen) atoms. The molecule has 3 aromatic carbocycles. The predicted octanol–water partition coefficient (Wildman–Crippen LogP) is 5.13. The molecule has 1 heterocycles. The van der Waals surface area contributed by atoms with Gasteiger partial charge >= 0.3 is 0 Å². The molecule has 0 saturated carbocycles. The molecule has 0 saturated heterocycles. The number of fused-ring (bicyclic) bond motifs is 1. The van der Waals surface area contributed by atoms with E-state index < -0.39 is 0 Å². The minimum atomic E-state index is -0.0234. The van der Waals surface area contributed by atoms with Gasteiger partial charge in [-0.1, -0.05) is 66.7 Å². The molecule has 2 heteroatoms. The van der Waals surface area contributed by atoms with Crippen molar-refractivity contribution in [2.24, 2.45) is 0 Å². The molecule has 0 fully saturated rings. The van der Waals surface area contributed by atoms with Crippen molar-refractivity contribution < 1.29 is 4.42 Å². The second kappa shape index (κ2) is 5.58. The summed E-state index contributed by atoms with van der Waals surface area (Å²) < 4.78 is 5.99. The lowest BCUT2D eigenvalue weighted by molar-refractivity contribution is 0.619. The van der Waals surface area contributed by atoms with E-state index in [1.54, 1.807) is 6.07 Å². The second-order valence-electron chi connectivity index (χ2n) is 5.42. The van der Waals surface area contributed by atoms with E-state index in [0.717, 1.165) is 16.7 Å². The molecule has 4 aromatic rings. The van der Waals surface area contributed by atoms with Crippen LogP contribution in [0.15, 0.2) is 94.1 Å². The summed E-state index contributed by atoms with van der Waals surface area (Å²) in [4.78, 5) is 12.4. The van der Waals surface area contributed by atoms with E-state index in [2.05, 4.69) is 0 Å². The van der Waals surface area contributed by atoms with Crippen LogP contribution in [0.1, 0.15) is 0 Å². The lowest BCUT2D eigenvalue weighted by Gasteiger charge is -2.06. The minimum absolute atomic E-state index is 0.0234. The third kappa shape index (κ3) is 2.55. The summed E-state index contributed by atoms with van der Waals surface area (Å²) in [6, 6.07) is 27.0. The van der Waals surface area contributed by atoms with E-state index in [-0.39, 0.29) is 5.43 Å². The Bertz CT molecular complexity index is 1010. The number of hydrogen-bond acceptors (Lipinski definition) is 2. The predicted molar refractivity (Wildman–Crippen MR) is 93.4 cm³/mol. The van der Waals surface area contributed by atoms with Gasteiger partial charge in [-0.2, -0.15) is 0 Å². The summed E-state index contributed by atoms with van der Waals surface area (Å²) in [6.07, 6.45) is 0. The average Bonchev–Trinajstić information content (AvgIpc) is 2.63. The first kappa shape index (κ1) is 13.5. The maximum atomic E-state index is 12.4. The Morgan fingerprint density at radius 2 is 1.26 bits per heavy atom. The summed E-state index contributed by atoms with van der Waals surface area (Å²) in [6.45, 7) is 0. The Morgan fingerprint density at radius 1 is 0.609 bits per heavy atom. The van der Waals surface area contributed by atoms with Crippen molar-refractivity contribution in [3.63, 3.8) is 0 Å². The largest absolute Gasteiger partial charge is 0.456 e. The standard InChI is InChI=1S/C21H14O2/c22-19-14-20(16-9-5-2-6-10-16)23-21-13-17(11-12-18(19)21)15-7-3-1-4-8-15/h1-14H. The summed E-state index contributed by atoms with van der Waals surface area (Å²) in [7, 11) is 0. The molecule has 0 bridgehead atoms. The molecule has 0 aliphatic heterocycles. The van der Waals surface area contributed by atoms with Crippen LogP contribution in [0, 0.1) is 0 Å². The zero-order valence-corrected chi connectivity index (χ0v) is 12.4. The highest BCUT2D eigenvalue weighted by Gasteiger charge is 2.08. The molecule has 110 valence electrons. The maximum absolute atomic E-state index is 12.4. The van der Waals surface area contributed by atoms with Gasteiger partial charge in [0.15, 0.2) is 5.43 Å². The van der Waals surface area contributed by atoms with E-state index in [1.165, 1.54) is 0 Å². The molecule has 0 atom stereocenters. The topological polar surface area (TPSA) is 30.2 Å². The first-order valence-electron chi connectivity index (χ1n) is 7.50. The van der Waals surface area contributed by atoms with Gasteiger partial charge in [0.05, 0.1) is 5.39 Å². The zero-order chi connectivity index (χ0) is 15.6. The van der Waals surface area contributed by atoms with Crippen LogP contribution in [0.5, 0.6) is 0 Å². The Hall–Kier alpha value is -3.13. The highest BCUT2D eigenvalue weighted by atomic mass is 16.3. The van der Waals surface area contributed by atoms with Crippen LogP contribution in [0.4, 0.5) is 0 Å². The highest BCUT2D eigenvalue weighted by Crippen LogP contribution is 2.26.